The van der Waals surface area contributed by atoms with Gasteiger partial charge in [-0.3, -0.25) is 19.6 Å². The normalized spacial score (nSPS) is 18.9. The summed E-state index contributed by atoms with van der Waals surface area (Å²) >= 11 is 0. The first-order chi connectivity index (χ1) is 14.1. The summed E-state index contributed by atoms with van der Waals surface area (Å²) in [6, 6.07) is 7.64. The first-order valence-electron chi connectivity index (χ1n) is 10.5. The van der Waals surface area contributed by atoms with E-state index in [1.807, 2.05) is 41.1 Å². The van der Waals surface area contributed by atoms with Gasteiger partial charge >= 0.3 is 0 Å². The first kappa shape index (κ1) is 19.6. The van der Waals surface area contributed by atoms with Crippen molar-refractivity contribution in [3.63, 3.8) is 0 Å². The lowest BCUT2D eigenvalue weighted by molar-refractivity contribution is -0.139. The van der Waals surface area contributed by atoms with Gasteiger partial charge in [-0.2, -0.15) is 0 Å². The van der Waals surface area contributed by atoms with Crippen LogP contribution in [0.2, 0.25) is 0 Å². The summed E-state index contributed by atoms with van der Waals surface area (Å²) in [6.45, 7) is 4.93. The van der Waals surface area contributed by atoms with Crippen molar-refractivity contribution in [3.05, 3.63) is 59.7 Å². The third-order valence-electron chi connectivity index (χ3n) is 6.38. The Hall–Kier alpha value is -2.76. The number of aryl methyl sites for hydroxylation is 1. The number of pyridine rings is 2. The molecule has 1 spiro atoms. The number of nitrogens with zero attached hydrogens (tertiary/aromatic N) is 4. The highest BCUT2D eigenvalue weighted by molar-refractivity contribution is 5.94. The van der Waals surface area contributed by atoms with Gasteiger partial charge in [-0.15, -0.1) is 0 Å². The Morgan fingerprint density at radius 2 is 2.00 bits per heavy atom. The summed E-state index contributed by atoms with van der Waals surface area (Å²) < 4.78 is 0. The molecule has 29 heavy (non-hydrogen) atoms. The van der Waals surface area contributed by atoms with E-state index >= 15 is 0 Å². The maximum Gasteiger partial charge on any atom is 0.253 e. The van der Waals surface area contributed by atoms with Crippen LogP contribution in [0.15, 0.2) is 42.9 Å². The average Bonchev–Trinajstić information content (AvgIpc) is 2.77. The number of aromatic nitrogens is 2. The summed E-state index contributed by atoms with van der Waals surface area (Å²) in [4.78, 5) is 37.8. The summed E-state index contributed by atoms with van der Waals surface area (Å²) in [6.07, 6.45) is 9.54. The predicted molar refractivity (Wildman–Crippen MR) is 110 cm³/mol. The molecule has 2 saturated heterocycles. The van der Waals surface area contributed by atoms with Crippen molar-refractivity contribution in [2.24, 2.45) is 5.41 Å². The van der Waals surface area contributed by atoms with E-state index in [0.29, 0.717) is 13.0 Å². The van der Waals surface area contributed by atoms with Gasteiger partial charge in [-0.1, -0.05) is 13.0 Å². The zero-order valence-corrected chi connectivity index (χ0v) is 17.0. The highest BCUT2D eigenvalue weighted by Crippen LogP contribution is 2.40. The molecule has 2 aliphatic heterocycles. The maximum absolute atomic E-state index is 12.9. The van der Waals surface area contributed by atoms with Gasteiger partial charge in [-0.05, 0) is 54.9 Å². The molecule has 152 valence electrons. The second-order valence-electron chi connectivity index (χ2n) is 8.29. The summed E-state index contributed by atoms with van der Waals surface area (Å²) in [5.74, 6) is 0.318. The number of carbonyl (C=O) groups is 2. The zero-order chi connectivity index (χ0) is 20.3. The van der Waals surface area contributed by atoms with Crippen LogP contribution in [0.1, 0.15) is 54.2 Å². The van der Waals surface area contributed by atoms with Crippen molar-refractivity contribution in [1.29, 1.82) is 0 Å². The fourth-order valence-corrected chi connectivity index (χ4v) is 4.54. The number of piperidine rings is 2. The van der Waals surface area contributed by atoms with Gasteiger partial charge in [0, 0.05) is 62.4 Å². The zero-order valence-electron chi connectivity index (χ0n) is 17.0. The average molecular weight is 393 g/mol. The highest BCUT2D eigenvalue weighted by Gasteiger charge is 2.41. The lowest BCUT2D eigenvalue weighted by Crippen LogP contribution is -2.52. The molecule has 2 fully saturated rings. The number of rotatable bonds is 4. The van der Waals surface area contributed by atoms with Crippen LogP contribution in [0.4, 0.5) is 0 Å². The van der Waals surface area contributed by atoms with Crippen LogP contribution < -0.4 is 0 Å². The van der Waals surface area contributed by atoms with E-state index in [0.717, 1.165) is 62.1 Å². The third-order valence-corrected chi connectivity index (χ3v) is 6.38. The number of carbonyl (C=O) groups excluding carboxylic acids is 2. The van der Waals surface area contributed by atoms with E-state index in [-0.39, 0.29) is 17.2 Å². The second-order valence-corrected chi connectivity index (χ2v) is 8.29. The highest BCUT2D eigenvalue weighted by atomic mass is 16.2. The minimum Gasteiger partial charge on any atom is -0.339 e. The molecule has 0 radical (unpaired) electrons. The van der Waals surface area contributed by atoms with Crippen LogP contribution in [-0.4, -0.2) is 51.2 Å². The van der Waals surface area contributed by atoms with Crippen LogP contribution in [0.3, 0.4) is 0 Å². The molecule has 0 unspecified atom stereocenters. The van der Waals surface area contributed by atoms with Gasteiger partial charge in [0.05, 0.1) is 0 Å². The van der Waals surface area contributed by atoms with Crippen molar-refractivity contribution in [2.45, 2.75) is 45.6 Å². The van der Waals surface area contributed by atoms with Crippen molar-refractivity contribution in [1.82, 2.24) is 19.8 Å². The van der Waals surface area contributed by atoms with Gasteiger partial charge in [-0.25, -0.2) is 0 Å². The fourth-order valence-electron chi connectivity index (χ4n) is 4.54. The Bertz CT molecular complexity index is 875. The smallest absolute Gasteiger partial charge is 0.253 e. The van der Waals surface area contributed by atoms with Gasteiger partial charge < -0.3 is 9.80 Å². The monoisotopic (exact) mass is 392 g/mol. The Morgan fingerprint density at radius 1 is 1.17 bits per heavy atom. The Morgan fingerprint density at radius 3 is 2.72 bits per heavy atom. The number of amides is 2. The molecular formula is C23H28N4O2. The van der Waals surface area contributed by atoms with Gasteiger partial charge in [0.25, 0.3) is 5.91 Å². The van der Waals surface area contributed by atoms with E-state index in [1.165, 1.54) is 0 Å². The summed E-state index contributed by atoms with van der Waals surface area (Å²) in [7, 11) is 0. The van der Waals surface area contributed by atoms with E-state index in [1.54, 1.807) is 18.5 Å². The minimum atomic E-state index is 0.0936. The fraction of sp³-hybridized carbons (Fsp3) is 0.478. The molecule has 0 N–H and O–H groups in total. The summed E-state index contributed by atoms with van der Waals surface area (Å²) in [5.41, 5.74) is 2.86. The molecule has 2 aromatic heterocycles. The van der Waals surface area contributed by atoms with E-state index in [4.69, 9.17) is 0 Å². The van der Waals surface area contributed by atoms with Crippen molar-refractivity contribution < 1.29 is 9.59 Å². The van der Waals surface area contributed by atoms with Crippen LogP contribution in [0.25, 0.3) is 0 Å². The first-order valence-corrected chi connectivity index (χ1v) is 10.5. The lowest BCUT2D eigenvalue weighted by atomic mass is 9.72. The van der Waals surface area contributed by atoms with Crippen molar-refractivity contribution >= 4 is 11.8 Å². The molecule has 0 atom stereocenters. The van der Waals surface area contributed by atoms with E-state index in [9.17, 15) is 9.59 Å². The molecule has 0 aliphatic carbocycles. The molecule has 2 amide bonds. The Balaban J connectivity index is 1.40. The Labute approximate surface area is 172 Å². The standard InChI is InChI=1S/C23H28N4O2/c1-2-20-14-19(6-11-25-20)22(29)26-12-8-23(9-13-26)7-5-21(28)27(17-23)16-18-4-3-10-24-15-18/h3-4,6,10-11,14-15H,2,5,7-9,12-13,16-17H2,1H3. The number of likely N-dealkylation sites (tertiary alicyclic amines) is 2. The topological polar surface area (TPSA) is 66.4 Å². The maximum atomic E-state index is 12.9. The number of hydrogen-bond donors (Lipinski definition) is 0. The molecular weight excluding hydrogens is 364 g/mol. The van der Waals surface area contributed by atoms with Gasteiger partial charge in [0.15, 0.2) is 0 Å². The molecule has 6 nitrogen and oxygen atoms in total. The summed E-state index contributed by atoms with van der Waals surface area (Å²) in [5, 5.41) is 0. The molecule has 0 bridgehead atoms. The Kier molecular flexibility index (Phi) is 5.60. The van der Waals surface area contributed by atoms with Crippen LogP contribution >= 0.6 is 0 Å². The molecule has 2 aromatic rings. The SMILES string of the molecule is CCc1cc(C(=O)N2CCC3(CCC(=O)N(Cc4cccnc4)C3)CC2)ccn1. The van der Waals surface area contributed by atoms with Crippen LogP contribution in [0.5, 0.6) is 0 Å². The molecule has 2 aliphatic rings. The van der Waals surface area contributed by atoms with Crippen LogP contribution in [-0.2, 0) is 17.8 Å². The van der Waals surface area contributed by atoms with Gasteiger partial charge in [0.2, 0.25) is 5.91 Å². The molecule has 4 rings (SSSR count). The van der Waals surface area contributed by atoms with E-state index in [2.05, 4.69) is 9.97 Å². The largest absolute Gasteiger partial charge is 0.339 e. The third kappa shape index (κ3) is 4.31. The predicted octanol–water partition coefficient (Wildman–Crippen LogP) is 3.08. The molecule has 6 heteroatoms. The second kappa shape index (κ2) is 8.31. The molecule has 4 heterocycles. The minimum absolute atomic E-state index is 0.0936. The lowest BCUT2D eigenvalue weighted by Gasteiger charge is -2.47. The quantitative estimate of drug-likeness (QED) is 0.802. The molecule has 0 aromatic carbocycles. The number of hydrogen-bond acceptors (Lipinski definition) is 4. The van der Waals surface area contributed by atoms with Crippen molar-refractivity contribution in [3.8, 4) is 0 Å². The van der Waals surface area contributed by atoms with Crippen molar-refractivity contribution in [2.75, 3.05) is 19.6 Å². The van der Waals surface area contributed by atoms with Crippen LogP contribution in [0, 0.1) is 5.41 Å². The molecule has 0 saturated carbocycles. The van der Waals surface area contributed by atoms with Gasteiger partial charge in [0.1, 0.15) is 0 Å². The van der Waals surface area contributed by atoms with E-state index < -0.39 is 0 Å².